The molecule has 1 saturated carbocycles. The molecule has 1 fully saturated rings. The van der Waals surface area contributed by atoms with Crippen molar-refractivity contribution in [3.8, 4) is 11.5 Å². The highest BCUT2D eigenvalue weighted by Crippen LogP contribution is 2.38. The Hall–Kier alpha value is -3.80. The van der Waals surface area contributed by atoms with Crippen LogP contribution in [0, 0.1) is 11.2 Å². The largest absolute Gasteiger partial charge is 0.497 e. The number of alkyl halides is 2. The zero-order chi connectivity index (χ0) is 27.6. The van der Waals surface area contributed by atoms with Crippen LogP contribution in [0.4, 0.5) is 19.0 Å². The molecule has 9 nitrogen and oxygen atoms in total. The fourth-order valence-electron chi connectivity index (χ4n) is 4.90. The van der Waals surface area contributed by atoms with Gasteiger partial charge in [0.1, 0.15) is 11.5 Å². The summed E-state index contributed by atoms with van der Waals surface area (Å²) in [6.07, 6.45) is 2.65. The Morgan fingerprint density at radius 2 is 2.11 bits per heavy atom. The second-order valence-corrected chi connectivity index (χ2v) is 9.28. The molecule has 1 aromatic heterocycles. The Balaban J connectivity index is 1.74. The average Bonchev–Trinajstić information content (AvgIpc) is 3.23. The maximum absolute atomic E-state index is 15.8. The number of halogens is 3. The van der Waals surface area contributed by atoms with E-state index < -0.39 is 29.7 Å². The molecule has 2 aliphatic rings. The number of methoxy groups -OCH3 is 2. The smallest absolute Gasteiger partial charge is 0.264 e. The second kappa shape index (κ2) is 10.9. The highest BCUT2D eigenvalue weighted by molar-refractivity contribution is 6.13. The van der Waals surface area contributed by atoms with E-state index in [1.54, 1.807) is 25.2 Å². The van der Waals surface area contributed by atoms with Crippen molar-refractivity contribution in [3.05, 3.63) is 52.6 Å². The molecule has 12 heteroatoms. The number of pyridine rings is 1. The van der Waals surface area contributed by atoms with E-state index in [-0.39, 0.29) is 54.1 Å². The van der Waals surface area contributed by atoms with Gasteiger partial charge in [0, 0.05) is 61.2 Å². The summed E-state index contributed by atoms with van der Waals surface area (Å²) in [7, 11) is 4.63. The molecule has 204 valence electrons. The van der Waals surface area contributed by atoms with Gasteiger partial charge in [-0.25, -0.2) is 18.2 Å². The number of aromatic nitrogens is 1. The van der Waals surface area contributed by atoms with Crippen LogP contribution in [0.2, 0.25) is 0 Å². The van der Waals surface area contributed by atoms with Crippen LogP contribution in [-0.2, 0) is 13.1 Å². The van der Waals surface area contributed by atoms with Crippen LogP contribution in [0.1, 0.15) is 46.4 Å². The number of amides is 1. The average molecular weight is 533 g/mol. The summed E-state index contributed by atoms with van der Waals surface area (Å²) in [5, 5.41) is 13.4. The molecule has 1 unspecified atom stereocenters. The Morgan fingerprint density at radius 1 is 1.34 bits per heavy atom. The minimum Gasteiger partial charge on any atom is -0.497 e. The van der Waals surface area contributed by atoms with Gasteiger partial charge in [-0.1, -0.05) is 0 Å². The zero-order valence-electron chi connectivity index (χ0n) is 21.4. The van der Waals surface area contributed by atoms with Gasteiger partial charge in [0.15, 0.2) is 11.6 Å². The summed E-state index contributed by atoms with van der Waals surface area (Å²) >= 11 is 0. The Labute approximate surface area is 218 Å². The molecule has 2 atom stereocenters. The van der Waals surface area contributed by atoms with Crippen molar-refractivity contribution in [1.82, 2.24) is 15.2 Å². The lowest BCUT2D eigenvalue weighted by atomic mass is 9.87. The first-order valence-electron chi connectivity index (χ1n) is 12.2. The normalized spacial score (nSPS) is 20.7. The highest BCUT2D eigenvalue weighted by Gasteiger charge is 2.45. The second-order valence-electron chi connectivity index (χ2n) is 9.28. The summed E-state index contributed by atoms with van der Waals surface area (Å²) in [6, 6.07) is 2.73. The van der Waals surface area contributed by atoms with E-state index in [0.717, 1.165) is 6.21 Å². The van der Waals surface area contributed by atoms with Crippen LogP contribution < -0.4 is 25.8 Å². The number of nitrogens with one attached hydrogen (secondary N) is 3. The number of carbonyl (C=O) groups is 1. The number of hydrogen-bond donors (Lipinski definition) is 4. The number of nitrogens with zero attached hydrogens (tertiary/aromatic N) is 2. The summed E-state index contributed by atoms with van der Waals surface area (Å²) in [6.45, 7) is 0.0226. The van der Waals surface area contributed by atoms with E-state index in [1.807, 2.05) is 0 Å². The lowest BCUT2D eigenvalue weighted by Crippen LogP contribution is -2.55. The van der Waals surface area contributed by atoms with Gasteiger partial charge in [-0.15, -0.1) is 0 Å². The van der Waals surface area contributed by atoms with Gasteiger partial charge in [-0.3, -0.25) is 4.79 Å². The topological polar surface area (TPSA) is 126 Å². The molecule has 2 heterocycles. The number of hydrogen-bond acceptors (Lipinski definition) is 8. The van der Waals surface area contributed by atoms with Crippen LogP contribution in [0.25, 0.3) is 5.57 Å². The maximum atomic E-state index is 15.8. The first-order valence-corrected chi connectivity index (χ1v) is 12.2. The van der Waals surface area contributed by atoms with E-state index in [9.17, 15) is 13.6 Å². The van der Waals surface area contributed by atoms with Gasteiger partial charge in [0.05, 0.1) is 38.1 Å². The van der Waals surface area contributed by atoms with Crippen LogP contribution in [0.5, 0.6) is 11.5 Å². The van der Waals surface area contributed by atoms with Crippen LogP contribution in [0.15, 0.2) is 24.4 Å². The monoisotopic (exact) mass is 532 g/mol. The maximum Gasteiger partial charge on any atom is 0.264 e. The molecule has 1 aliphatic heterocycles. The number of rotatable bonds is 9. The number of carbonyl (C=O) groups excluding carboxylic acids is 1. The number of allylic oxidation sites excluding steroid dienone is 1. The van der Waals surface area contributed by atoms with Gasteiger partial charge < -0.3 is 36.2 Å². The Bertz CT molecular complexity index is 1270. The van der Waals surface area contributed by atoms with Crippen molar-refractivity contribution >= 4 is 23.5 Å². The molecule has 0 radical (unpaired) electrons. The predicted octanol–water partition coefficient (Wildman–Crippen LogP) is 3.53. The summed E-state index contributed by atoms with van der Waals surface area (Å²) in [5.74, 6) is -3.59. The van der Waals surface area contributed by atoms with Crippen LogP contribution in [-0.4, -0.2) is 61.3 Å². The molecule has 2 aromatic rings. The van der Waals surface area contributed by atoms with Crippen molar-refractivity contribution in [2.45, 2.75) is 50.4 Å². The van der Waals surface area contributed by atoms with Crippen molar-refractivity contribution in [1.29, 1.82) is 5.41 Å². The third-order valence-corrected chi connectivity index (χ3v) is 6.94. The standard InChI is InChI=1S/C26H31F3N6O3/c1-32-11-15(10-30)22-20-17(21(27)24(34-22)33-18-5-4-8-26(28,29)23(18)31)13-35(25(20)36)12-14-6-7-16(37-2)9-19(14)38-3/h6-7,9-11,18,23,30,32H,4-5,8,12-13,31H2,1-3H3,(H,33,34)/b15-11+,30-10?/t18?,23-/m1/s1. The van der Waals surface area contributed by atoms with Gasteiger partial charge in [-0.05, 0) is 25.0 Å². The third-order valence-electron chi connectivity index (χ3n) is 6.94. The van der Waals surface area contributed by atoms with Gasteiger partial charge in [0.2, 0.25) is 0 Å². The third kappa shape index (κ3) is 5.00. The van der Waals surface area contributed by atoms with Crippen LogP contribution >= 0.6 is 0 Å². The van der Waals surface area contributed by atoms with E-state index in [1.165, 1.54) is 25.3 Å². The minimum atomic E-state index is -3.09. The fraction of sp³-hybridized carbons (Fsp3) is 0.423. The van der Waals surface area contributed by atoms with Crippen LogP contribution in [0.3, 0.4) is 0 Å². The van der Waals surface area contributed by atoms with Crippen molar-refractivity contribution in [2.24, 2.45) is 5.73 Å². The number of benzene rings is 1. The molecule has 38 heavy (non-hydrogen) atoms. The SMILES string of the molecule is CN/C=C(\C=N)c1nc(NC2CCCC(F)(F)[C@@H]2N)c(F)c2c1C(=O)N(Cc1ccc(OC)cc1OC)C2. The quantitative estimate of drug-likeness (QED) is 0.364. The molecule has 1 aromatic carbocycles. The minimum absolute atomic E-state index is 0.0174. The van der Waals surface area contributed by atoms with E-state index in [0.29, 0.717) is 23.5 Å². The van der Waals surface area contributed by atoms with Gasteiger partial charge in [-0.2, -0.15) is 0 Å². The van der Waals surface area contributed by atoms with Crippen molar-refractivity contribution in [3.63, 3.8) is 0 Å². The molecule has 1 amide bonds. The summed E-state index contributed by atoms with van der Waals surface area (Å²) in [4.78, 5) is 19.3. The molecular weight excluding hydrogens is 501 g/mol. The molecule has 0 spiro atoms. The van der Waals surface area contributed by atoms with Gasteiger partial charge in [0.25, 0.3) is 11.8 Å². The zero-order valence-corrected chi connectivity index (χ0v) is 21.4. The molecule has 0 bridgehead atoms. The molecule has 5 N–H and O–H groups in total. The molecule has 4 rings (SSSR count). The molecular formula is C26H31F3N6O3. The highest BCUT2D eigenvalue weighted by atomic mass is 19.3. The van der Waals surface area contributed by atoms with Crippen molar-refractivity contribution in [2.75, 3.05) is 26.6 Å². The fourth-order valence-corrected chi connectivity index (χ4v) is 4.90. The van der Waals surface area contributed by atoms with Crippen molar-refractivity contribution < 1.29 is 27.4 Å². The summed E-state index contributed by atoms with van der Waals surface area (Å²) < 4.78 is 55.0. The number of anilines is 1. The Morgan fingerprint density at radius 3 is 2.76 bits per heavy atom. The van der Waals surface area contributed by atoms with E-state index >= 15 is 4.39 Å². The van der Waals surface area contributed by atoms with E-state index in [2.05, 4.69) is 15.6 Å². The Kier molecular flexibility index (Phi) is 7.81. The number of fused-ring (bicyclic) bond motifs is 1. The lowest BCUT2D eigenvalue weighted by molar-refractivity contribution is -0.0555. The number of ether oxygens (including phenoxy) is 2. The lowest BCUT2D eigenvalue weighted by Gasteiger charge is -2.36. The first-order chi connectivity index (χ1) is 18.1. The van der Waals surface area contributed by atoms with E-state index in [4.69, 9.17) is 20.6 Å². The number of nitrogens with two attached hydrogens (primary N) is 1. The van der Waals surface area contributed by atoms with Gasteiger partial charge >= 0.3 is 0 Å². The first kappa shape index (κ1) is 27.2. The summed E-state index contributed by atoms with van der Waals surface area (Å²) in [5.41, 5.74) is 6.87. The molecule has 0 saturated heterocycles. The molecule has 1 aliphatic carbocycles. The predicted molar refractivity (Wildman–Crippen MR) is 137 cm³/mol.